The van der Waals surface area contributed by atoms with Gasteiger partial charge in [-0.3, -0.25) is 9.59 Å². The van der Waals surface area contributed by atoms with Crippen molar-refractivity contribution in [1.82, 2.24) is 10.2 Å². The zero-order chi connectivity index (χ0) is 25.4. The molecule has 0 saturated carbocycles. The average Bonchev–Trinajstić information content (AvgIpc) is 2.81. The first-order valence-corrected chi connectivity index (χ1v) is 12.1. The molecule has 0 aromatic heterocycles. The first-order chi connectivity index (χ1) is 16.6. The van der Waals surface area contributed by atoms with E-state index >= 15 is 0 Å². The maximum atomic E-state index is 14.6. The molecule has 2 amide bonds. The SMILES string of the molecule is Cc1ccc(CCC(=O)N(Cc2ccccc2F)[C@H](Cc2ccccc2)C(=O)NC(C)(C)C)cc1. The molecule has 3 aromatic rings. The Kier molecular flexibility index (Phi) is 8.80. The van der Waals surface area contributed by atoms with Crippen molar-refractivity contribution < 1.29 is 14.0 Å². The van der Waals surface area contributed by atoms with Gasteiger partial charge in [-0.2, -0.15) is 0 Å². The topological polar surface area (TPSA) is 49.4 Å². The van der Waals surface area contributed by atoms with E-state index in [1.54, 1.807) is 23.1 Å². The molecule has 0 heterocycles. The lowest BCUT2D eigenvalue weighted by Gasteiger charge is -2.34. The summed E-state index contributed by atoms with van der Waals surface area (Å²) in [6, 6.07) is 23.3. The Balaban J connectivity index is 1.93. The summed E-state index contributed by atoms with van der Waals surface area (Å²) in [5.41, 5.74) is 3.06. The number of rotatable bonds is 9. The van der Waals surface area contributed by atoms with Gasteiger partial charge >= 0.3 is 0 Å². The minimum Gasteiger partial charge on any atom is -0.350 e. The van der Waals surface area contributed by atoms with Crippen LogP contribution in [0.15, 0.2) is 78.9 Å². The van der Waals surface area contributed by atoms with Gasteiger partial charge in [0, 0.05) is 30.5 Å². The highest BCUT2D eigenvalue weighted by atomic mass is 19.1. The summed E-state index contributed by atoms with van der Waals surface area (Å²) in [7, 11) is 0. The molecular formula is C30H35FN2O2. The molecule has 184 valence electrons. The number of benzene rings is 3. The second-order valence-corrected chi connectivity index (χ2v) is 10.0. The molecule has 0 aliphatic rings. The van der Waals surface area contributed by atoms with E-state index in [-0.39, 0.29) is 24.8 Å². The van der Waals surface area contributed by atoms with Crippen LogP contribution in [0.2, 0.25) is 0 Å². The number of halogens is 1. The van der Waals surface area contributed by atoms with Crippen LogP contribution in [0.1, 0.15) is 49.4 Å². The van der Waals surface area contributed by atoms with Crippen molar-refractivity contribution in [3.05, 3.63) is 107 Å². The fourth-order valence-electron chi connectivity index (χ4n) is 3.97. The minimum absolute atomic E-state index is 0.0223. The van der Waals surface area contributed by atoms with Crippen molar-refractivity contribution in [3.8, 4) is 0 Å². The predicted molar refractivity (Wildman–Crippen MR) is 138 cm³/mol. The molecule has 0 aliphatic carbocycles. The fourth-order valence-corrected chi connectivity index (χ4v) is 3.97. The highest BCUT2D eigenvalue weighted by molar-refractivity contribution is 5.88. The van der Waals surface area contributed by atoms with Gasteiger partial charge in [0.05, 0.1) is 0 Å². The number of carbonyl (C=O) groups excluding carboxylic acids is 2. The summed E-state index contributed by atoms with van der Waals surface area (Å²) in [6.45, 7) is 7.77. The maximum Gasteiger partial charge on any atom is 0.243 e. The van der Waals surface area contributed by atoms with Gasteiger partial charge in [0.15, 0.2) is 0 Å². The van der Waals surface area contributed by atoms with Gasteiger partial charge in [-0.25, -0.2) is 4.39 Å². The molecule has 0 fully saturated rings. The lowest BCUT2D eigenvalue weighted by atomic mass is 9.99. The molecule has 3 aromatic carbocycles. The summed E-state index contributed by atoms with van der Waals surface area (Å²) < 4.78 is 14.6. The first kappa shape index (κ1) is 26.1. The Bertz CT molecular complexity index is 1120. The van der Waals surface area contributed by atoms with E-state index in [0.29, 0.717) is 18.4 Å². The fraction of sp³-hybridized carbons (Fsp3) is 0.333. The minimum atomic E-state index is -0.776. The smallest absolute Gasteiger partial charge is 0.243 e. The first-order valence-electron chi connectivity index (χ1n) is 12.1. The zero-order valence-corrected chi connectivity index (χ0v) is 21.1. The van der Waals surface area contributed by atoms with E-state index in [9.17, 15) is 14.0 Å². The second-order valence-electron chi connectivity index (χ2n) is 10.0. The molecule has 5 heteroatoms. The number of hydrogen-bond donors (Lipinski definition) is 1. The molecule has 0 aliphatic heterocycles. The third-order valence-corrected chi connectivity index (χ3v) is 5.82. The number of nitrogens with one attached hydrogen (secondary N) is 1. The van der Waals surface area contributed by atoms with Crippen molar-refractivity contribution in [2.75, 3.05) is 0 Å². The standard InChI is InChI=1S/C30H35FN2O2/c1-22-14-16-23(17-15-22)18-19-28(34)33(21-25-12-8-9-13-26(25)31)27(29(35)32-30(2,3)4)20-24-10-6-5-7-11-24/h5-17,27H,18-21H2,1-4H3,(H,32,35)/t27-/m1/s1. The van der Waals surface area contributed by atoms with E-state index in [2.05, 4.69) is 5.32 Å². The molecule has 35 heavy (non-hydrogen) atoms. The van der Waals surface area contributed by atoms with Crippen LogP contribution in [0.5, 0.6) is 0 Å². The van der Waals surface area contributed by atoms with Crippen molar-refractivity contribution in [2.45, 2.75) is 65.1 Å². The van der Waals surface area contributed by atoms with Gasteiger partial charge < -0.3 is 10.2 Å². The monoisotopic (exact) mass is 474 g/mol. The molecule has 1 atom stereocenters. The highest BCUT2D eigenvalue weighted by Crippen LogP contribution is 2.19. The summed E-state index contributed by atoms with van der Waals surface area (Å²) in [5.74, 6) is -0.821. The summed E-state index contributed by atoms with van der Waals surface area (Å²) in [4.78, 5) is 28.7. The van der Waals surface area contributed by atoms with Crippen LogP contribution in [0.3, 0.4) is 0 Å². The average molecular weight is 475 g/mol. The molecule has 3 rings (SSSR count). The molecule has 4 nitrogen and oxygen atoms in total. The maximum absolute atomic E-state index is 14.6. The summed E-state index contributed by atoms with van der Waals surface area (Å²) in [6.07, 6.45) is 1.12. The van der Waals surface area contributed by atoms with E-state index in [4.69, 9.17) is 0 Å². The van der Waals surface area contributed by atoms with E-state index in [1.165, 1.54) is 6.07 Å². The van der Waals surface area contributed by atoms with Crippen LogP contribution in [0.25, 0.3) is 0 Å². The number of amides is 2. The molecule has 0 spiro atoms. The Hall–Kier alpha value is -3.47. The third-order valence-electron chi connectivity index (χ3n) is 5.82. The van der Waals surface area contributed by atoms with Crippen molar-refractivity contribution in [3.63, 3.8) is 0 Å². The normalized spacial score (nSPS) is 12.1. The number of nitrogens with zero attached hydrogens (tertiary/aromatic N) is 1. The summed E-state index contributed by atoms with van der Waals surface area (Å²) >= 11 is 0. The second kappa shape index (κ2) is 11.8. The lowest BCUT2D eigenvalue weighted by molar-refractivity contribution is -0.142. The molecule has 1 N–H and O–H groups in total. The quantitative estimate of drug-likeness (QED) is 0.438. The van der Waals surface area contributed by atoms with E-state index in [0.717, 1.165) is 16.7 Å². The van der Waals surface area contributed by atoms with Gasteiger partial charge in [-0.1, -0.05) is 78.4 Å². The van der Waals surface area contributed by atoms with Gasteiger partial charge in [-0.15, -0.1) is 0 Å². The van der Waals surface area contributed by atoms with Crippen LogP contribution in [0, 0.1) is 12.7 Å². The van der Waals surface area contributed by atoms with Crippen molar-refractivity contribution in [2.24, 2.45) is 0 Å². The Labute approximate surface area is 208 Å². The van der Waals surface area contributed by atoms with Gasteiger partial charge in [0.1, 0.15) is 11.9 Å². The molecule has 0 radical (unpaired) electrons. The molecule has 0 bridgehead atoms. The zero-order valence-electron chi connectivity index (χ0n) is 21.1. The van der Waals surface area contributed by atoms with Gasteiger partial charge in [0.2, 0.25) is 11.8 Å². The number of aryl methyl sites for hydroxylation is 2. The lowest BCUT2D eigenvalue weighted by Crippen LogP contribution is -2.54. The third kappa shape index (κ3) is 8.06. The molecule has 0 saturated heterocycles. The van der Waals surface area contributed by atoms with Crippen LogP contribution in [-0.2, 0) is 29.0 Å². The van der Waals surface area contributed by atoms with Crippen molar-refractivity contribution >= 4 is 11.8 Å². The largest absolute Gasteiger partial charge is 0.350 e. The number of carbonyl (C=O) groups is 2. The Morgan fingerprint density at radius 3 is 2.14 bits per heavy atom. The van der Waals surface area contributed by atoms with Crippen LogP contribution >= 0.6 is 0 Å². The van der Waals surface area contributed by atoms with E-state index < -0.39 is 17.4 Å². The predicted octanol–water partition coefficient (Wildman–Crippen LogP) is 5.62. The van der Waals surface area contributed by atoms with Crippen molar-refractivity contribution in [1.29, 1.82) is 0 Å². The summed E-state index contributed by atoms with van der Waals surface area (Å²) in [5, 5.41) is 3.03. The van der Waals surface area contributed by atoms with Crippen LogP contribution < -0.4 is 5.32 Å². The number of hydrogen-bond acceptors (Lipinski definition) is 2. The molecule has 0 unspecified atom stereocenters. The molecular weight excluding hydrogens is 439 g/mol. The van der Waals surface area contributed by atoms with Gasteiger partial charge in [-0.05, 0) is 51.3 Å². The van der Waals surface area contributed by atoms with Gasteiger partial charge in [0.25, 0.3) is 0 Å². The highest BCUT2D eigenvalue weighted by Gasteiger charge is 2.32. The van der Waals surface area contributed by atoms with Crippen LogP contribution in [0.4, 0.5) is 4.39 Å². The Morgan fingerprint density at radius 1 is 0.886 bits per heavy atom. The Morgan fingerprint density at radius 2 is 1.51 bits per heavy atom. The van der Waals surface area contributed by atoms with E-state index in [1.807, 2.05) is 82.3 Å². The van der Waals surface area contributed by atoms with Crippen LogP contribution in [-0.4, -0.2) is 28.3 Å².